The lowest BCUT2D eigenvalue weighted by atomic mass is 10.1. The van der Waals surface area contributed by atoms with E-state index in [1.165, 1.54) is 0 Å². The molecule has 0 saturated carbocycles. The second-order valence-electron chi connectivity index (χ2n) is 3.94. The summed E-state index contributed by atoms with van der Waals surface area (Å²) in [6.45, 7) is 0. The molecule has 3 aromatic rings. The van der Waals surface area contributed by atoms with Crippen LogP contribution in [0.15, 0.2) is 51.4 Å². The van der Waals surface area contributed by atoms with Crippen LogP contribution in [-0.4, -0.2) is 4.98 Å². The summed E-state index contributed by atoms with van der Waals surface area (Å²) in [4.78, 5) is 4.48. The van der Waals surface area contributed by atoms with E-state index in [-0.39, 0.29) is 0 Å². The van der Waals surface area contributed by atoms with Crippen molar-refractivity contribution in [1.29, 1.82) is 0 Å². The molecular formula is C14H9BrClNO. The number of aromatic nitrogens is 1. The van der Waals surface area contributed by atoms with Gasteiger partial charge in [-0.1, -0.05) is 18.2 Å². The Morgan fingerprint density at radius 2 is 2.00 bits per heavy atom. The molecule has 3 rings (SSSR count). The fourth-order valence-corrected chi connectivity index (χ4v) is 2.43. The first-order valence-electron chi connectivity index (χ1n) is 5.48. The molecule has 0 unspecified atom stereocenters. The van der Waals surface area contributed by atoms with Gasteiger partial charge in [0, 0.05) is 11.4 Å². The molecule has 0 bridgehead atoms. The molecular weight excluding hydrogens is 314 g/mol. The molecule has 0 N–H and O–H groups in total. The summed E-state index contributed by atoms with van der Waals surface area (Å²) in [7, 11) is 0. The second-order valence-corrected chi connectivity index (χ2v) is 5.06. The quantitative estimate of drug-likeness (QED) is 0.621. The standard InChI is InChI=1S/C14H9BrClNO/c15-11-5-2-6-12-13(11)18-14(17-12)10-4-1-3-9(7-10)8-16/h1-7H,8H2. The Morgan fingerprint density at radius 3 is 2.78 bits per heavy atom. The summed E-state index contributed by atoms with van der Waals surface area (Å²) in [5.74, 6) is 1.10. The summed E-state index contributed by atoms with van der Waals surface area (Å²) in [5.41, 5.74) is 3.60. The van der Waals surface area contributed by atoms with E-state index < -0.39 is 0 Å². The zero-order valence-corrected chi connectivity index (χ0v) is 11.7. The van der Waals surface area contributed by atoms with Crippen LogP contribution in [0, 0.1) is 0 Å². The van der Waals surface area contributed by atoms with E-state index >= 15 is 0 Å². The van der Waals surface area contributed by atoms with Gasteiger partial charge in [-0.15, -0.1) is 11.6 Å². The van der Waals surface area contributed by atoms with Gasteiger partial charge in [0.25, 0.3) is 0 Å². The van der Waals surface area contributed by atoms with Crippen LogP contribution in [0.25, 0.3) is 22.6 Å². The molecule has 1 aromatic heterocycles. The Balaban J connectivity index is 2.16. The molecule has 0 aliphatic rings. The molecule has 18 heavy (non-hydrogen) atoms. The number of benzene rings is 2. The highest BCUT2D eigenvalue weighted by molar-refractivity contribution is 9.10. The van der Waals surface area contributed by atoms with Gasteiger partial charge in [-0.2, -0.15) is 0 Å². The van der Waals surface area contributed by atoms with Gasteiger partial charge < -0.3 is 4.42 Å². The molecule has 4 heteroatoms. The number of hydrogen-bond donors (Lipinski definition) is 0. The molecule has 2 aromatic carbocycles. The van der Waals surface area contributed by atoms with Crippen molar-refractivity contribution in [2.75, 3.05) is 0 Å². The average molecular weight is 323 g/mol. The van der Waals surface area contributed by atoms with E-state index in [2.05, 4.69) is 20.9 Å². The Bertz CT molecular complexity index is 708. The van der Waals surface area contributed by atoms with Gasteiger partial charge in [0.15, 0.2) is 5.58 Å². The number of para-hydroxylation sites is 1. The Hall–Kier alpha value is -1.32. The molecule has 0 atom stereocenters. The number of halogens is 2. The number of oxazole rings is 1. The zero-order chi connectivity index (χ0) is 12.5. The van der Waals surface area contributed by atoms with E-state index in [0.717, 1.165) is 26.7 Å². The Morgan fingerprint density at radius 1 is 1.17 bits per heavy atom. The lowest BCUT2D eigenvalue weighted by molar-refractivity contribution is 0.618. The van der Waals surface area contributed by atoms with Crippen molar-refractivity contribution in [3.8, 4) is 11.5 Å². The summed E-state index contributed by atoms with van der Waals surface area (Å²) in [5, 5.41) is 0. The lowest BCUT2D eigenvalue weighted by Gasteiger charge is -1.98. The minimum Gasteiger partial charge on any atom is -0.435 e. The van der Waals surface area contributed by atoms with Gasteiger partial charge in [-0.05, 0) is 45.8 Å². The van der Waals surface area contributed by atoms with Crippen molar-refractivity contribution < 1.29 is 4.42 Å². The minimum atomic E-state index is 0.484. The first-order chi connectivity index (χ1) is 8.78. The minimum absolute atomic E-state index is 0.484. The first-order valence-corrected chi connectivity index (χ1v) is 6.81. The van der Waals surface area contributed by atoms with Gasteiger partial charge in [0.1, 0.15) is 5.52 Å². The largest absolute Gasteiger partial charge is 0.435 e. The maximum Gasteiger partial charge on any atom is 0.227 e. The maximum absolute atomic E-state index is 5.83. The summed E-state index contributed by atoms with van der Waals surface area (Å²) < 4.78 is 6.69. The molecule has 90 valence electrons. The fraction of sp³-hybridized carbons (Fsp3) is 0.0714. The average Bonchev–Trinajstić information content (AvgIpc) is 2.84. The third kappa shape index (κ3) is 2.04. The number of fused-ring (bicyclic) bond motifs is 1. The summed E-state index contributed by atoms with van der Waals surface area (Å²) in [6, 6.07) is 13.7. The molecule has 1 heterocycles. The molecule has 0 aliphatic carbocycles. The van der Waals surface area contributed by atoms with E-state index in [1.807, 2.05) is 42.5 Å². The Labute approximate surface area is 118 Å². The van der Waals surface area contributed by atoms with Gasteiger partial charge in [0.2, 0.25) is 5.89 Å². The molecule has 0 radical (unpaired) electrons. The molecule has 0 amide bonds. The van der Waals surface area contributed by atoms with Crippen molar-refractivity contribution in [3.05, 3.63) is 52.5 Å². The van der Waals surface area contributed by atoms with Crippen LogP contribution >= 0.6 is 27.5 Å². The van der Waals surface area contributed by atoms with Gasteiger partial charge in [-0.25, -0.2) is 4.98 Å². The number of nitrogens with zero attached hydrogens (tertiary/aromatic N) is 1. The van der Waals surface area contributed by atoms with Crippen LogP contribution in [0.4, 0.5) is 0 Å². The van der Waals surface area contributed by atoms with Gasteiger partial charge >= 0.3 is 0 Å². The monoisotopic (exact) mass is 321 g/mol. The molecule has 2 nitrogen and oxygen atoms in total. The third-order valence-electron chi connectivity index (χ3n) is 2.70. The fourth-order valence-electron chi connectivity index (χ4n) is 1.83. The van der Waals surface area contributed by atoms with Crippen molar-refractivity contribution >= 4 is 38.6 Å². The summed E-state index contributed by atoms with van der Waals surface area (Å²) in [6.07, 6.45) is 0. The van der Waals surface area contributed by atoms with Crippen LogP contribution in [0.5, 0.6) is 0 Å². The van der Waals surface area contributed by atoms with Crippen molar-refractivity contribution in [1.82, 2.24) is 4.98 Å². The number of alkyl halides is 1. The number of hydrogen-bond acceptors (Lipinski definition) is 2. The lowest BCUT2D eigenvalue weighted by Crippen LogP contribution is -1.81. The van der Waals surface area contributed by atoms with E-state index in [9.17, 15) is 0 Å². The van der Waals surface area contributed by atoms with Crippen LogP contribution in [0.1, 0.15) is 5.56 Å². The van der Waals surface area contributed by atoms with Crippen LogP contribution in [-0.2, 0) is 5.88 Å². The third-order valence-corrected chi connectivity index (χ3v) is 3.63. The topological polar surface area (TPSA) is 26.0 Å². The highest BCUT2D eigenvalue weighted by atomic mass is 79.9. The van der Waals surface area contributed by atoms with Crippen LogP contribution < -0.4 is 0 Å². The van der Waals surface area contributed by atoms with Gasteiger partial charge in [0.05, 0.1) is 4.47 Å². The van der Waals surface area contributed by atoms with E-state index in [4.69, 9.17) is 16.0 Å². The van der Waals surface area contributed by atoms with Crippen molar-refractivity contribution in [2.45, 2.75) is 5.88 Å². The smallest absolute Gasteiger partial charge is 0.227 e. The van der Waals surface area contributed by atoms with E-state index in [0.29, 0.717) is 11.8 Å². The maximum atomic E-state index is 5.83. The normalized spacial score (nSPS) is 11.0. The second kappa shape index (κ2) is 4.75. The Kier molecular flexibility index (Phi) is 3.10. The first kappa shape index (κ1) is 11.8. The van der Waals surface area contributed by atoms with Crippen molar-refractivity contribution in [3.63, 3.8) is 0 Å². The van der Waals surface area contributed by atoms with Gasteiger partial charge in [-0.3, -0.25) is 0 Å². The highest BCUT2D eigenvalue weighted by Gasteiger charge is 2.10. The number of rotatable bonds is 2. The molecule has 0 fully saturated rings. The zero-order valence-electron chi connectivity index (χ0n) is 9.36. The highest BCUT2D eigenvalue weighted by Crippen LogP contribution is 2.29. The van der Waals surface area contributed by atoms with Crippen molar-refractivity contribution in [2.24, 2.45) is 0 Å². The molecule has 0 aliphatic heterocycles. The van der Waals surface area contributed by atoms with Crippen LogP contribution in [0.3, 0.4) is 0 Å². The SMILES string of the molecule is ClCc1cccc(-c2nc3cccc(Br)c3o2)c1. The molecule has 0 saturated heterocycles. The van der Waals surface area contributed by atoms with Crippen LogP contribution in [0.2, 0.25) is 0 Å². The molecule has 0 spiro atoms. The van der Waals surface area contributed by atoms with E-state index in [1.54, 1.807) is 0 Å². The summed E-state index contributed by atoms with van der Waals surface area (Å²) >= 11 is 9.29. The predicted octanol–water partition coefficient (Wildman–Crippen LogP) is 5.00. The predicted molar refractivity (Wildman–Crippen MR) is 76.7 cm³/mol.